The van der Waals surface area contributed by atoms with Gasteiger partial charge in [0.25, 0.3) is 0 Å². The van der Waals surface area contributed by atoms with E-state index in [4.69, 9.17) is 4.98 Å². The molecule has 11 heteroatoms. The second-order valence-corrected chi connectivity index (χ2v) is 11.2. The van der Waals surface area contributed by atoms with Crippen molar-refractivity contribution in [3.8, 4) is 11.1 Å². The van der Waals surface area contributed by atoms with Crippen LogP contribution in [0.5, 0.6) is 0 Å². The van der Waals surface area contributed by atoms with E-state index in [-0.39, 0.29) is 5.91 Å². The molecule has 1 amide bonds. The lowest BCUT2D eigenvalue weighted by atomic mass is 9.74. The molecule has 224 valence electrons. The number of carbonyl (C=O) groups excluding carboxylic acids is 1. The molecule has 1 aliphatic rings. The molecule has 1 aromatic heterocycles. The number of aromatic nitrogens is 2. The van der Waals surface area contributed by atoms with Crippen LogP contribution in [0.25, 0.3) is 11.1 Å². The molecule has 0 unspecified atom stereocenters. The molecule has 0 spiro atoms. The van der Waals surface area contributed by atoms with Gasteiger partial charge in [0.1, 0.15) is 5.82 Å². The lowest BCUT2D eigenvalue weighted by molar-refractivity contribution is -0.137. The lowest BCUT2D eigenvalue weighted by Crippen LogP contribution is -2.39. The minimum atomic E-state index is -4.49. The number of carbonyl (C=O) groups is 1. The summed E-state index contributed by atoms with van der Waals surface area (Å²) in [5.74, 6) is 0.798. The molecule has 7 nitrogen and oxygen atoms in total. The van der Waals surface area contributed by atoms with Gasteiger partial charge in [0.15, 0.2) is 0 Å². The van der Waals surface area contributed by atoms with Crippen molar-refractivity contribution in [2.24, 2.45) is 0 Å². The summed E-state index contributed by atoms with van der Waals surface area (Å²) in [6.07, 6.45) is -1.15. The minimum Gasteiger partial charge on any atom is -0.369 e. The highest BCUT2D eigenvalue weighted by Crippen LogP contribution is 2.38. The fraction of sp³-hybridized carbons (Fsp3) is 0.281. The predicted molar refractivity (Wildman–Crippen MR) is 166 cm³/mol. The Hall–Kier alpha value is -4.09. The Kier molecular flexibility index (Phi) is 9.22. The highest BCUT2D eigenvalue weighted by molar-refractivity contribution is 7.97. The van der Waals surface area contributed by atoms with E-state index in [1.807, 2.05) is 50.2 Å². The Morgan fingerprint density at radius 2 is 1.70 bits per heavy atom. The predicted octanol–water partition coefficient (Wildman–Crippen LogP) is 8.01. The van der Waals surface area contributed by atoms with Crippen LogP contribution in [0.3, 0.4) is 0 Å². The molecule has 0 saturated carbocycles. The third-order valence-electron chi connectivity index (χ3n) is 7.66. The number of fused-ring (bicyclic) bond motifs is 4. The first kappa shape index (κ1) is 30.4. The summed E-state index contributed by atoms with van der Waals surface area (Å²) in [6, 6.07) is 20.4. The number of rotatable bonds is 6. The van der Waals surface area contributed by atoms with Crippen LogP contribution in [0, 0.1) is 0 Å². The van der Waals surface area contributed by atoms with Crippen molar-refractivity contribution in [1.82, 2.24) is 14.7 Å². The molecule has 43 heavy (non-hydrogen) atoms. The summed E-state index contributed by atoms with van der Waals surface area (Å²) < 4.78 is 43.6. The highest BCUT2D eigenvalue weighted by atomic mass is 32.2. The van der Waals surface area contributed by atoms with Gasteiger partial charge in [-0.25, -0.2) is 4.98 Å². The molecular weight excluding hydrogens is 573 g/mol. The molecule has 4 N–H and O–H groups in total. The van der Waals surface area contributed by atoms with E-state index in [1.165, 1.54) is 6.07 Å². The largest absolute Gasteiger partial charge is 0.416 e. The molecule has 5 rings (SSSR count). The van der Waals surface area contributed by atoms with Gasteiger partial charge < -0.3 is 16.0 Å². The maximum absolute atomic E-state index is 13.6. The maximum Gasteiger partial charge on any atom is 0.416 e. The van der Waals surface area contributed by atoms with Crippen molar-refractivity contribution in [3.05, 3.63) is 90.1 Å². The van der Waals surface area contributed by atoms with Gasteiger partial charge in [0, 0.05) is 41.1 Å². The summed E-state index contributed by atoms with van der Waals surface area (Å²) in [6.45, 7) is 5.15. The molecule has 4 aromatic rings. The summed E-state index contributed by atoms with van der Waals surface area (Å²) in [5, 5.41) is 9.63. The fourth-order valence-electron chi connectivity index (χ4n) is 5.14. The monoisotopic (exact) mass is 606 g/mol. The van der Waals surface area contributed by atoms with E-state index >= 15 is 0 Å². The number of anilines is 4. The number of nitrogens with one attached hydrogen (secondary N) is 4. The molecule has 0 radical (unpaired) electrons. The number of hydrogen-bond donors (Lipinski definition) is 4. The van der Waals surface area contributed by atoms with Gasteiger partial charge in [-0.2, -0.15) is 18.2 Å². The number of hydrogen-bond acceptors (Lipinski definition) is 7. The molecule has 0 fully saturated rings. The van der Waals surface area contributed by atoms with Crippen LogP contribution >= 0.6 is 11.9 Å². The van der Waals surface area contributed by atoms with Crippen LogP contribution < -0.4 is 20.7 Å². The van der Waals surface area contributed by atoms with Gasteiger partial charge in [0.05, 0.1) is 11.0 Å². The van der Waals surface area contributed by atoms with Crippen LogP contribution in [0.15, 0.2) is 83.9 Å². The minimum absolute atomic E-state index is 0.346. The summed E-state index contributed by atoms with van der Waals surface area (Å²) in [7, 11) is 0. The molecular formula is C32H33F3N6OS. The third kappa shape index (κ3) is 6.94. The second kappa shape index (κ2) is 13.0. The van der Waals surface area contributed by atoms with Crippen molar-refractivity contribution in [3.63, 3.8) is 0 Å². The van der Waals surface area contributed by atoms with Gasteiger partial charge in [-0.15, -0.1) is 0 Å². The van der Waals surface area contributed by atoms with E-state index in [0.29, 0.717) is 42.4 Å². The molecule has 0 atom stereocenters. The summed E-state index contributed by atoms with van der Waals surface area (Å²) >= 11 is 1.58. The number of halogens is 3. The van der Waals surface area contributed by atoms with Crippen molar-refractivity contribution < 1.29 is 18.0 Å². The number of nitrogens with zero attached hydrogens (tertiary/aromatic N) is 2. The van der Waals surface area contributed by atoms with Gasteiger partial charge in [-0.3, -0.25) is 9.52 Å². The van der Waals surface area contributed by atoms with Crippen molar-refractivity contribution >= 4 is 41.0 Å². The highest BCUT2D eigenvalue weighted by Gasteiger charge is 2.39. The van der Waals surface area contributed by atoms with Crippen LogP contribution in [-0.2, 0) is 16.4 Å². The Morgan fingerprint density at radius 1 is 0.953 bits per heavy atom. The summed E-state index contributed by atoms with van der Waals surface area (Å²) in [4.78, 5) is 24.0. The Bertz CT molecular complexity index is 1570. The molecule has 1 aliphatic heterocycles. The number of benzene rings is 3. The van der Waals surface area contributed by atoms with Crippen LogP contribution in [0.1, 0.15) is 44.2 Å². The first-order chi connectivity index (χ1) is 20.7. The normalized spacial score (nSPS) is 13.9. The molecule has 2 heterocycles. The average molecular weight is 607 g/mol. The maximum atomic E-state index is 13.6. The van der Waals surface area contributed by atoms with Crippen molar-refractivity contribution in [2.75, 3.05) is 29.0 Å². The zero-order valence-electron chi connectivity index (χ0n) is 23.9. The zero-order valence-corrected chi connectivity index (χ0v) is 24.7. The Morgan fingerprint density at radius 3 is 2.44 bits per heavy atom. The van der Waals surface area contributed by atoms with E-state index in [2.05, 4.69) is 25.7 Å². The van der Waals surface area contributed by atoms with Gasteiger partial charge >= 0.3 is 6.18 Å². The fourth-order valence-corrected chi connectivity index (χ4v) is 5.89. The molecule has 3 aromatic carbocycles. The standard InChI is InChI=1S/C32H33F3N6OS/c1-3-31(4-2,22-8-5-9-23(18-22)32(33,34)35)29(42)39-24-14-12-21(13-15-24)27-20-37-30-40-25-10-6-11-26(19-25)43-38-17-7-16-36-28(27)41-30/h5-6,8-15,18-20,38H,3-4,7,16-17H2,1-2H3,(H,39,42)(H2,36,37,40,41). The molecule has 0 saturated heterocycles. The first-order valence-corrected chi connectivity index (χ1v) is 15.0. The van der Waals surface area contributed by atoms with Crippen LogP contribution in [0.2, 0.25) is 0 Å². The van der Waals surface area contributed by atoms with E-state index in [9.17, 15) is 18.0 Å². The number of alkyl halides is 3. The van der Waals surface area contributed by atoms with Gasteiger partial charge in [0.2, 0.25) is 11.9 Å². The van der Waals surface area contributed by atoms with E-state index in [0.717, 1.165) is 46.8 Å². The second-order valence-electron chi connectivity index (χ2n) is 10.3. The van der Waals surface area contributed by atoms with Gasteiger partial charge in [-0.05, 0) is 78.7 Å². The number of amides is 1. The topological polar surface area (TPSA) is 91.0 Å². The van der Waals surface area contributed by atoms with Crippen LogP contribution in [-0.4, -0.2) is 29.0 Å². The smallest absolute Gasteiger partial charge is 0.369 e. The zero-order chi connectivity index (χ0) is 30.5. The van der Waals surface area contributed by atoms with Crippen molar-refractivity contribution in [2.45, 2.75) is 49.6 Å². The third-order valence-corrected chi connectivity index (χ3v) is 8.49. The van der Waals surface area contributed by atoms with Gasteiger partial charge in [-0.1, -0.05) is 50.2 Å². The van der Waals surface area contributed by atoms with Crippen molar-refractivity contribution in [1.29, 1.82) is 0 Å². The summed E-state index contributed by atoms with van der Waals surface area (Å²) in [5.41, 5.74) is 1.54. The molecule has 0 aliphatic carbocycles. The van der Waals surface area contributed by atoms with Crippen LogP contribution in [0.4, 0.5) is 36.3 Å². The Labute approximate surface area is 253 Å². The van der Waals surface area contributed by atoms with E-state index in [1.54, 1.807) is 36.3 Å². The lowest BCUT2D eigenvalue weighted by Gasteiger charge is -2.31. The Balaban J connectivity index is 1.38. The SMILES string of the molecule is CCC(CC)(C(=O)Nc1ccc(-c2cnc3nc2NCCCNSc2cccc(c2)N3)cc1)c1cccc(C(F)(F)F)c1. The quantitative estimate of drug-likeness (QED) is 0.165. The average Bonchev–Trinajstić information content (AvgIpc) is 3.01. The van der Waals surface area contributed by atoms with E-state index < -0.39 is 17.2 Å². The first-order valence-electron chi connectivity index (χ1n) is 14.2. The molecule has 4 bridgehead atoms.